The molecule has 4 bridgehead atoms. The summed E-state index contributed by atoms with van der Waals surface area (Å²) in [7, 11) is 1.22. The van der Waals surface area contributed by atoms with Gasteiger partial charge in [-0.3, -0.25) is 4.79 Å². The summed E-state index contributed by atoms with van der Waals surface area (Å²) in [6.07, 6.45) is 6.77. The Morgan fingerprint density at radius 2 is 1.65 bits per heavy atom. The molecule has 0 amide bonds. The first-order chi connectivity index (χ1) is 10.9. The standard InChI is InChI=1S/C17H24O6/c1-16(10-18,22-9-14(19)21-2)15(20)23-17-6-11-3-12(7-17)5-13(4-11)8-17/h10-13H,3-9H2,1-2H3. The highest BCUT2D eigenvalue weighted by Gasteiger charge is 2.54. The minimum atomic E-state index is -1.77. The van der Waals surface area contributed by atoms with Crippen molar-refractivity contribution >= 4 is 18.2 Å². The van der Waals surface area contributed by atoms with Crippen molar-refractivity contribution in [2.45, 2.75) is 56.7 Å². The molecule has 128 valence electrons. The van der Waals surface area contributed by atoms with Crippen LogP contribution in [0.15, 0.2) is 0 Å². The minimum Gasteiger partial charge on any atom is -0.467 e. The molecule has 0 aromatic carbocycles. The zero-order valence-electron chi connectivity index (χ0n) is 13.7. The van der Waals surface area contributed by atoms with E-state index in [0.717, 1.165) is 19.3 Å². The molecule has 0 heterocycles. The van der Waals surface area contributed by atoms with Crippen molar-refractivity contribution in [3.8, 4) is 0 Å². The molecule has 0 N–H and O–H groups in total. The number of methoxy groups -OCH3 is 1. The molecule has 4 aliphatic carbocycles. The topological polar surface area (TPSA) is 78.9 Å². The average Bonchev–Trinajstić information content (AvgIpc) is 2.50. The molecule has 4 fully saturated rings. The third kappa shape index (κ3) is 3.13. The lowest BCUT2D eigenvalue weighted by Gasteiger charge is -2.56. The molecule has 4 rings (SSSR count). The molecule has 1 unspecified atom stereocenters. The Hall–Kier alpha value is -1.43. The Balaban J connectivity index is 1.67. The Labute approximate surface area is 135 Å². The average molecular weight is 324 g/mol. The lowest BCUT2D eigenvalue weighted by molar-refractivity contribution is -0.206. The van der Waals surface area contributed by atoms with E-state index in [1.807, 2.05) is 0 Å². The molecule has 1 atom stereocenters. The van der Waals surface area contributed by atoms with Gasteiger partial charge in [0.05, 0.1) is 7.11 Å². The summed E-state index contributed by atoms with van der Waals surface area (Å²) in [4.78, 5) is 35.1. The summed E-state index contributed by atoms with van der Waals surface area (Å²) in [5, 5.41) is 0. The number of rotatable bonds is 6. The summed E-state index contributed by atoms with van der Waals surface area (Å²) in [5.41, 5.74) is -2.21. The van der Waals surface area contributed by atoms with E-state index < -0.39 is 29.7 Å². The van der Waals surface area contributed by atoms with Crippen LogP contribution in [-0.4, -0.2) is 43.1 Å². The Morgan fingerprint density at radius 3 is 2.09 bits per heavy atom. The van der Waals surface area contributed by atoms with Crippen molar-refractivity contribution in [1.29, 1.82) is 0 Å². The maximum atomic E-state index is 12.6. The van der Waals surface area contributed by atoms with Gasteiger partial charge in [0.25, 0.3) is 0 Å². The first kappa shape index (κ1) is 16.4. The van der Waals surface area contributed by atoms with Gasteiger partial charge >= 0.3 is 11.9 Å². The largest absolute Gasteiger partial charge is 0.467 e. The second-order valence-electron chi connectivity index (χ2n) is 7.58. The lowest BCUT2D eigenvalue weighted by Crippen LogP contribution is -2.55. The number of carbonyl (C=O) groups excluding carboxylic acids is 3. The molecule has 4 aliphatic rings. The van der Waals surface area contributed by atoms with Crippen LogP contribution < -0.4 is 0 Å². The van der Waals surface area contributed by atoms with Gasteiger partial charge in [-0.2, -0.15) is 0 Å². The predicted octanol–water partition coefficient (Wildman–Crippen LogP) is 1.65. The molecule has 0 aliphatic heterocycles. The van der Waals surface area contributed by atoms with Crippen molar-refractivity contribution in [2.24, 2.45) is 17.8 Å². The minimum absolute atomic E-state index is 0.402. The maximum Gasteiger partial charge on any atom is 0.346 e. The fourth-order valence-electron chi connectivity index (χ4n) is 4.86. The summed E-state index contributed by atoms with van der Waals surface area (Å²) in [6, 6.07) is 0. The van der Waals surface area contributed by atoms with E-state index in [1.54, 1.807) is 0 Å². The van der Waals surface area contributed by atoms with Crippen molar-refractivity contribution < 1.29 is 28.6 Å². The van der Waals surface area contributed by atoms with Crippen LogP contribution in [0, 0.1) is 17.8 Å². The van der Waals surface area contributed by atoms with Crippen LogP contribution in [0.5, 0.6) is 0 Å². The molecule has 6 nitrogen and oxygen atoms in total. The highest BCUT2D eigenvalue weighted by molar-refractivity contribution is 5.96. The van der Waals surface area contributed by atoms with E-state index in [-0.39, 0.29) is 0 Å². The molecule has 0 spiro atoms. The van der Waals surface area contributed by atoms with Gasteiger partial charge in [0.1, 0.15) is 12.2 Å². The monoisotopic (exact) mass is 324 g/mol. The van der Waals surface area contributed by atoms with Gasteiger partial charge < -0.3 is 14.2 Å². The molecule has 23 heavy (non-hydrogen) atoms. The van der Waals surface area contributed by atoms with E-state index in [9.17, 15) is 14.4 Å². The van der Waals surface area contributed by atoms with Crippen molar-refractivity contribution in [1.82, 2.24) is 0 Å². The zero-order chi connectivity index (χ0) is 16.7. The fraction of sp³-hybridized carbons (Fsp3) is 0.824. The van der Waals surface area contributed by atoms with Crippen molar-refractivity contribution in [2.75, 3.05) is 13.7 Å². The van der Waals surface area contributed by atoms with Crippen LogP contribution in [0.25, 0.3) is 0 Å². The molecular weight excluding hydrogens is 300 g/mol. The van der Waals surface area contributed by atoms with Gasteiger partial charge in [0.15, 0.2) is 6.29 Å². The number of esters is 2. The molecule has 0 aromatic heterocycles. The highest BCUT2D eigenvalue weighted by Crippen LogP contribution is 2.57. The second-order valence-corrected chi connectivity index (χ2v) is 7.58. The molecule has 6 heteroatoms. The van der Waals surface area contributed by atoms with E-state index in [0.29, 0.717) is 24.0 Å². The van der Waals surface area contributed by atoms with Gasteiger partial charge in [-0.25, -0.2) is 9.59 Å². The third-order valence-electron chi connectivity index (χ3n) is 5.64. The Bertz CT molecular complexity index is 478. The zero-order valence-corrected chi connectivity index (χ0v) is 13.7. The number of aldehydes is 1. The van der Waals surface area contributed by atoms with Crippen LogP contribution >= 0.6 is 0 Å². The van der Waals surface area contributed by atoms with E-state index in [2.05, 4.69) is 4.74 Å². The van der Waals surface area contributed by atoms with Gasteiger partial charge in [-0.1, -0.05) is 0 Å². The van der Waals surface area contributed by atoms with Gasteiger partial charge in [-0.15, -0.1) is 0 Å². The van der Waals surface area contributed by atoms with E-state index in [4.69, 9.17) is 9.47 Å². The summed E-state index contributed by atoms with van der Waals surface area (Å²) in [5.74, 6) is 0.562. The van der Waals surface area contributed by atoms with Crippen LogP contribution in [0.3, 0.4) is 0 Å². The third-order valence-corrected chi connectivity index (χ3v) is 5.64. The first-order valence-electron chi connectivity index (χ1n) is 8.28. The molecule has 0 aromatic rings. The van der Waals surface area contributed by atoms with Gasteiger partial charge in [0.2, 0.25) is 5.60 Å². The van der Waals surface area contributed by atoms with Crippen LogP contribution in [-0.2, 0) is 28.6 Å². The summed E-state index contributed by atoms with van der Waals surface area (Å²) >= 11 is 0. The van der Waals surface area contributed by atoms with Gasteiger partial charge in [0, 0.05) is 0 Å². The SMILES string of the molecule is COC(=O)COC(C)(C=O)C(=O)OC12CC3CC(CC(C3)C1)C2. The first-order valence-corrected chi connectivity index (χ1v) is 8.28. The normalized spacial score (nSPS) is 37.0. The molecular formula is C17H24O6. The molecule has 0 radical (unpaired) electrons. The van der Waals surface area contributed by atoms with Crippen molar-refractivity contribution in [3.05, 3.63) is 0 Å². The molecule has 4 saturated carbocycles. The Kier molecular flexibility index (Phi) is 4.21. The second kappa shape index (κ2) is 5.89. The van der Waals surface area contributed by atoms with Crippen LogP contribution in [0.1, 0.15) is 45.4 Å². The van der Waals surface area contributed by atoms with Gasteiger partial charge in [-0.05, 0) is 63.2 Å². The number of carbonyl (C=O) groups is 3. The smallest absolute Gasteiger partial charge is 0.346 e. The predicted molar refractivity (Wildman–Crippen MR) is 79.4 cm³/mol. The highest BCUT2D eigenvalue weighted by atomic mass is 16.6. The van der Waals surface area contributed by atoms with Crippen molar-refractivity contribution in [3.63, 3.8) is 0 Å². The maximum absolute atomic E-state index is 12.6. The number of hydrogen-bond acceptors (Lipinski definition) is 6. The van der Waals surface area contributed by atoms with Crippen LogP contribution in [0.2, 0.25) is 0 Å². The van der Waals surface area contributed by atoms with E-state index >= 15 is 0 Å². The Morgan fingerprint density at radius 1 is 1.13 bits per heavy atom. The number of ether oxygens (including phenoxy) is 3. The quantitative estimate of drug-likeness (QED) is 0.420. The fourth-order valence-corrected chi connectivity index (χ4v) is 4.86. The van der Waals surface area contributed by atoms with E-state index in [1.165, 1.54) is 33.3 Å². The van der Waals surface area contributed by atoms with Crippen LogP contribution in [0.4, 0.5) is 0 Å². The summed E-state index contributed by atoms with van der Waals surface area (Å²) < 4.78 is 15.5. The molecule has 0 saturated heterocycles. The summed E-state index contributed by atoms with van der Waals surface area (Å²) in [6.45, 7) is 0.882. The lowest BCUT2D eigenvalue weighted by atomic mass is 9.54. The number of hydrogen-bond donors (Lipinski definition) is 0.